The lowest BCUT2D eigenvalue weighted by molar-refractivity contribution is -0.123. The molecule has 1 heterocycles. The number of rotatable bonds is 4. The van der Waals surface area contributed by atoms with Crippen molar-refractivity contribution in [3.63, 3.8) is 0 Å². The Labute approximate surface area is 162 Å². The first-order valence-corrected chi connectivity index (χ1v) is 8.76. The molecule has 0 aliphatic carbocycles. The zero-order valence-corrected chi connectivity index (χ0v) is 15.1. The molecule has 0 saturated carbocycles. The van der Waals surface area contributed by atoms with E-state index in [0.717, 1.165) is 5.56 Å². The van der Waals surface area contributed by atoms with Crippen molar-refractivity contribution in [2.75, 3.05) is 17.7 Å². The van der Waals surface area contributed by atoms with E-state index in [9.17, 15) is 9.59 Å². The number of anilines is 2. The van der Waals surface area contributed by atoms with Crippen molar-refractivity contribution >= 4 is 23.2 Å². The Morgan fingerprint density at radius 3 is 2.50 bits per heavy atom. The van der Waals surface area contributed by atoms with Crippen LogP contribution >= 0.6 is 0 Å². The van der Waals surface area contributed by atoms with Crippen LogP contribution in [0.2, 0.25) is 0 Å². The fraction of sp³-hybridized carbons (Fsp3) is 0.0909. The minimum atomic E-state index is -0.701. The number of fused-ring (bicyclic) bond motifs is 1. The molecule has 1 aliphatic rings. The standard InChI is InChI=1S/C22H18N2O4/c1-27-17-10-7-15(8-11-17)21(25)23-16-9-12-19-18(13-16)24-22(26)20(28-19)14-5-3-2-4-6-14/h2-13,20H,1H3,(H,23,25)(H,24,26). The number of ether oxygens (including phenoxy) is 2. The van der Waals surface area contributed by atoms with Gasteiger partial charge >= 0.3 is 0 Å². The Morgan fingerprint density at radius 1 is 1.04 bits per heavy atom. The Hall–Kier alpha value is -3.80. The number of nitrogens with one attached hydrogen (secondary N) is 2. The molecule has 2 N–H and O–H groups in total. The lowest BCUT2D eigenvalue weighted by Crippen LogP contribution is -2.30. The molecule has 3 aromatic rings. The number of hydrogen-bond acceptors (Lipinski definition) is 4. The zero-order chi connectivity index (χ0) is 19.5. The molecule has 1 atom stereocenters. The number of benzene rings is 3. The predicted octanol–water partition coefficient (Wildman–Crippen LogP) is 4.02. The summed E-state index contributed by atoms with van der Waals surface area (Å²) in [6, 6.07) is 21.2. The van der Waals surface area contributed by atoms with Gasteiger partial charge in [-0.25, -0.2) is 0 Å². The summed E-state index contributed by atoms with van der Waals surface area (Å²) in [4.78, 5) is 24.9. The first-order valence-electron chi connectivity index (χ1n) is 8.76. The van der Waals surface area contributed by atoms with Crippen LogP contribution in [-0.2, 0) is 4.79 Å². The van der Waals surface area contributed by atoms with E-state index in [2.05, 4.69) is 10.6 Å². The lowest BCUT2D eigenvalue weighted by Gasteiger charge is -2.26. The summed E-state index contributed by atoms with van der Waals surface area (Å²) < 4.78 is 11.0. The van der Waals surface area contributed by atoms with Crippen LogP contribution in [0.3, 0.4) is 0 Å². The minimum absolute atomic E-state index is 0.252. The number of carbonyl (C=O) groups is 2. The van der Waals surface area contributed by atoms with Crippen LogP contribution in [-0.4, -0.2) is 18.9 Å². The third-order valence-corrected chi connectivity index (χ3v) is 4.43. The monoisotopic (exact) mass is 374 g/mol. The summed E-state index contributed by atoms with van der Waals surface area (Å²) in [6.07, 6.45) is -0.701. The average Bonchev–Trinajstić information content (AvgIpc) is 2.74. The highest BCUT2D eigenvalue weighted by molar-refractivity contribution is 6.05. The number of hydrogen-bond donors (Lipinski definition) is 2. The fourth-order valence-electron chi connectivity index (χ4n) is 2.98. The highest BCUT2D eigenvalue weighted by atomic mass is 16.5. The van der Waals surface area contributed by atoms with Crippen LogP contribution in [0.4, 0.5) is 11.4 Å². The van der Waals surface area contributed by atoms with Crippen molar-refractivity contribution in [2.45, 2.75) is 6.10 Å². The van der Waals surface area contributed by atoms with Crippen LogP contribution in [0.15, 0.2) is 72.8 Å². The molecular weight excluding hydrogens is 356 g/mol. The zero-order valence-electron chi connectivity index (χ0n) is 15.1. The van der Waals surface area contributed by atoms with Gasteiger partial charge in [-0.1, -0.05) is 30.3 Å². The molecule has 4 rings (SSSR count). The number of methoxy groups -OCH3 is 1. The van der Waals surface area contributed by atoms with Crippen molar-refractivity contribution < 1.29 is 19.1 Å². The van der Waals surface area contributed by atoms with Gasteiger partial charge in [0.05, 0.1) is 12.8 Å². The van der Waals surface area contributed by atoms with E-state index >= 15 is 0 Å². The second kappa shape index (κ2) is 7.44. The molecule has 6 nitrogen and oxygen atoms in total. The Balaban J connectivity index is 1.51. The van der Waals surface area contributed by atoms with Crippen LogP contribution in [0, 0.1) is 0 Å². The van der Waals surface area contributed by atoms with Crippen LogP contribution in [0.1, 0.15) is 22.0 Å². The van der Waals surface area contributed by atoms with Crippen molar-refractivity contribution in [2.24, 2.45) is 0 Å². The third-order valence-electron chi connectivity index (χ3n) is 4.43. The second-order valence-electron chi connectivity index (χ2n) is 6.29. The molecular formula is C22H18N2O4. The molecule has 0 radical (unpaired) electrons. The normalized spacial score (nSPS) is 15.0. The quantitative estimate of drug-likeness (QED) is 0.723. The van der Waals surface area contributed by atoms with E-state index < -0.39 is 6.10 Å². The Kier molecular flexibility index (Phi) is 4.68. The molecule has 0 fully saturated rings. The molecule has 3 aromatic carbocycles. The lowest BCUT2D eigenvalue weighted by atomic mass is 10.1. The maximum atomic E-state index is 12.4. The SMILES string of the molecule is COc1ccc(C(=O)Nc2ccc3c(c2)NC(=O)C(c2ccccc2)O3)cc1. The molecule has 0 saturated heterocycles. The molecule has 1 unspecified atom stereocenters. The molecule has 0 spiro atoms. The molecule has 1 aliphatic heterocycles. The van der Waals surface area contributed by atoms with Gasteiger partial charge in [0, 0.05) is 16.8 Å². The van der Waals surface area contributed by atoms with Crippen LogP contribution in [0.5, 0.6) is 11.5 Å². The van der Waals surface area contributed by atoms with Gasteiger partial charge < -0.3 is 20.1 Å². The van der Waals surface area contributed by atoms with Gasteiger partial charge in [-0.05, 0) is 42.5 Å². The Morgan fingerprint density at radius 2 is 1.79 bits per heavy atom. The smallest absolute Gasteiger partial charge is 0.270 e. The summed E-state index contributed by atoms with van der Waals surface area (Å²) in [7, 11) is 1.57. The Bertz CT molecular complexity index is 1020. The summed E-state index contributed by atoms with van der Waals surface area (Å²) in [5, 5.41) is 5.66. The van der Waals surface area contributed by atoms with E-state index in [1.165, 1.54) is 0 Å². The van der Waals surface area contributed by atoms with Gasteiger partial charge in [-0.15, -0.1) is 0 Å². The predicted molar refractivity (Wildman–Crippen MR) is 106 cm³/mol. The number of amides is 2. The van der Waals surface area contributed by atoms with E-state index in [0.29, 0.717) is 28.4 Å². The van der Waals surface area contributed by atoms with Crippen LogP contribution < -0.4 is 20.1 Å². The summed E-state index contributed by atoms with van der Waals surface area (Å²) in [5.41, 5.74) is 2.36. The largest absolute Gasteiger partial charge is 0.497 e. The summed E-state index contributed by atoms with van der Waals surface area (Å²) >= 11 is 0. The molecule has 28 heavy (non-hydrogen) atoms. The molecule has 2 amide bonds. The van der Waals surface area contributed by atoms with Gasteiger partial charge in [0.25, 0.3) is 11.8 Å². The third kappa shape index (κ3) is 3.53. The molecule has 140 valence electrons. The van der Waals surface area contributed by atoms with Gasteiger partial charge in [0.15, 0.2) is 0 Å². The van der Waals surface area contributed by atoms with E-state index in [1.807, 2.05) is 30.3 Å². The maximum Gasteiger partial charge on any atom is 0.270 e. The van der Waals surface area contributed by atoms with Gasteiger partial charge in [-0.3, -0.25) is 9.59 Å². The van der Waals surface area contributed by atoms with E-state index in [-0.39, 0.29) is 11.8 Å². The highest BCUT2D eigenvalue weighted by Gasteiger charge is 2.29. The topological polar surface area (TPSA) is 76.7 Å². The molecule has 6 heteroatoms. The number of carbonyl (C=O) groups excluding carboxylic acids is 2. The fourth-order valence-corrected chi connectivity index (χ4v) is 2.98. The molecule has 0 aromatic heterocycles. The maximum absolute atomic E-state index is 12.4. The van der Waals surface area contributed by atoms with E-state index in [4.69, 9.17) is 9.47 Å². The van der Waals surface area contributed by atoms with Crippen molar-refractivity contribution in [1.29, 1.82) is 0 Å². The first-order chi connectivity index (χ1) is 13.6. The van der Waals surface area contributed by atoms with E-state index in [1.54, 1.807) is 49.6 Å². The van der Waals surface area contributed by atoms with Crippen molar-refractivity contribution in [3.05, 3.63) is 83.9 Å². The molecule has 0 bridgehead atoms. The van der Waals surface area contributed by atoms with Gasteiger partial charge in [0.1, 0.15) is 11.5 Å². The average molecular weight is 374 g/mol. The van der Waals surface area contributed by atoms with Gasteiger partial charge in [-0.2, -0.15) is 0 Å². The second-order valence-corrected chi connectivity index (χ2v) is 6.29. The van der Waals surface area contributed by atoms with Crippen molar-refractivity contribution in [1.82, 2.24) is 0 Å². The minimum Gasteiger partial charge on any atom is -0.497 e. The first kappa shape index (κ1) is 17.6. The summed E-state index contributed by atoms with van der Waals surface area (Å²) in [5.74, 6) is 0.721. The van der Waals surface area contributed by atoms with Crippen molar-refractivity contribution in [3.8, 4) is 11.5 Å². The van der Waals surface area contributed by atoms with Crippen LogP contribution in [0.25, 0.3) is 0 Å². The highest BCUT2D eigenvalue weighted by Crippen LogP contribution is 2.36. The van der Waals surface area contributed by atoms with Gasteiger partial charge in [0.2, 0.25) is 6.10 Å². The summed E-state index contributed by atoms with van der Waals surface area (Å²) in [6.45, 7) is 0.